The molecule has 20 heavy (non-hydrogen) atoms. The van der Waals surface area contributed by atoms with Gasteiger partial charge >= 0.3 is 5.97 Å². The normalized spacial score (nSPS) is 11.4. The third-order valence-corrected chi connectivity index (χ3v) is 5.38. The Morgan fingerprint density at radius 1 is 1.40 bits per heavy atom. The summed E-state index contributed by atoms with van der Waals surface area (Å²) in [5, 5.41) is 8.85. The Morgan fingerprint density at radius 3 is 2.75 bits per heavy atom. The van der Waals surface area contributed by atoms with Crippen LogP contribution < -0.4 is 4.72 Å². The van der Waals surface area contributed by atoms with Crippen LogP contribution >= 0.6 is 11.3 Å². The number of nitrogens with one attached hydrogen (secondary N) is 1. The monoisotopic (exact) mass is 312 g/mol. The zero-order chi connectivity index (χ0) is 14.8. The zero-order valence-electron chi connectivity index (χ0n) is 10.5. The number of nitrogens with zero attached hydrogens (tertiary/aromatic N) is 1. The fourth-order valence-electron chi connectivity index (χ4n) is 1.50. The molecular weight excluding hydrogens is 300 g/mol. The molecule has 0 radical (unpaired) electrons. The van der Waals surface area contributed by atoms with E-state index in [0.717, 1.165) is 4.88 Å². The lowest BCUT2D eigenvalue weighted by molar-refractivity contribution is 0.0696. The first kappa shape index (κ1) is 14.6. The molecule has 2 N–H and O–H groups in total. The first-order valence-corrected chi connectivity index (χ1v) is 7.93. The molecule has 0 aromatic carbocycles. The molecule has 0 fully saturated rings. The number of pyridine rings is 1. The third kappa shape index (κ3) is 3.41. The molecule has 106 valence electrons. The van der Waals surface area contributed by atoms with Crippen LogP contribution in [0.5, 0.6) is 0 Å². The van der Waals surface area contributed by atoms with E-state index in [1.54, 1.807) is 6.07 Å². The van der Waals surface area contributed by atoms with Crippen molar-refractivity contribution in [3.63, 3.8) is 0 Å². The van der Waals surface area contributed by atoms with E-state index in [1.165, 1.54) is 35.7 Å². The van der Waals surface area contributed by atoms with Gasteiger partial charge in [-0.3, -0.25) is 4.98 Å². The molecule has 0 saturated heterocycles. The molecule has 0 atom stereocenters. The van der Waals surface area contributed by atoms with Crippen molar-refractivity contribution in [3.8, 4) is 0 Å². The summed E-state index contributed by atoms with van der Waals surface area (Å²) in [5.41, 5.74) is 0.419. The Morgan fingerprint density at radius 2 is 2.15 bits per heavy atom. The average molecular weight is 312 g/mol. The Bertz CT molecular complexity index is 737. The first-order valence-electron chi connectivity index (χ1n) is 5.63. The Balaban J connectivity index is 2.12. The van der Waals surface area contributed by atoms with Crippen molar-refractivity contribution < 1.29 is 18.3 Å². The lowest BCUT2D eigenvalue weighted by atomic mass is 10.2. The van der Waals surface area contributed by atoms with Crippen LogP contribution in [0.15, 0.2) is 34.7 Å². The predicted octanol–water partition coefficient (Wildman–Crippen LogP) is 1.63. The Hall–Kier alpha value is -1.77. The molecule has 0 saturated carbocycles. The fraction of sp³-hybridized carbons (Fsp3) is 0.167. The van der Waals surface area contributed by atoms with Gasteiger partial charge in [0.25, 0.3) is 0 Å². The lowest BCUT2D eigenvalue weighted by Gasteiger charge is -2.05. The highest BCUT2D eigenvalue weighted by atomic mass is 32.2. The van der Waals surface area contributed by atoms with Crippen molar-refractivity contribution in [2.45, 2.75) is 17.7 Å². The van der Waals surface area contributed by atoms with Gasteiger partial charge in [0.15, 0.2) is 0 Å². The van der Waals surface area contributed by atoms with E-state index >= 15 is 0 Å². The van der Waals surface area contributed by atoms with Crippen molar-refractivity contribution in [1.82, 2.24) is 9.71 Å². The number of aromatic carboxylic acids is 1. The van der Waals surface area contributed by atoms with Gasteiger partial charge in [0.2, 0.25) is 10.0 Å². The average Bonchev–Trinajstić information content (AvgIpc) is 2.84. The van der Waals surface area contributed by atoms with E-state index in [1.807, 2.05) is 6.92 Å². The Kier molecular flexibility index (Phi) is 4.17. The minimum absolute atomic E-state index is 0.0552. The quantitative estimate of drug-likeness (QED) is 0.874. The molecule has 8 heteroatoms. The van der Waals surface area contributed by atoms with Gasteiger partial charge in [-0.2, -0.15) is 0 Å². The summed E-state index contributed by atoms with van der Waals surface area (Å²) in [6, 6.07) is 5.94. The molecular formula is C12H12N2O4S2. The molecule has 0 aliphatic rings. The molecule has 0 unspecified atom stereocenters. The van der Waals surface area contributed by atoms with Crippen LogP contribution in [0, 0.1) is 6.92 Å². The number of carboxylic acid groups (broad SMARTS) is 1. The maximum absolute atomic E-state index is 12.0. The number of hydrogen-bond donors (Lipinski definition) is 2. The van der Waals surface area contributed by atoms with Gasteiger partial charge in [0.1, 0.15) is 4.21 Å². The summed E-state index contributed by atoms with van der Waals surface area (Å²) >= 11 is 1.17. The summed E-state index contributed by atoms with van der Waals surface area (Å²) < 4.78 is 26.6. The molecule has 2 aromatic heterocycles. The first-order chi connectivity index (χ1) is 9.38. The number of sulfonamides is 1. The number of hydrogen-bond acceptors (Lipinski definition) is 5. The second-order valence-electron chi connectivity index (χ2n) is 4.03. The predicted molar refractivity (Wildman–Crippen MR) is 74.3 cm³/mol. The minimum atomic E-state index is -3.59. The van der Waals surface area contributed by atoms with E-state index in [0.29, 0.717) is 5.69 Å². The molecule has 0 aliphatic carbocycles. The van der Waals surface area contributed by atoms with Crippen LogP contribution in [0.2, 0.25) is 0 Å². The second-order valence-corrected chi connectivity index (χ2v) is 7.31. The minimum Gasteiger partial charge on any atom is -0.478 e. The van der Waals surface area contributed by atoms with E-state index in [2.05, 4.69) is 9.71 Å². The molecule has 0 aliphatic heterocycles. The standard InChI is InChI=1S/C12H12N2O4S2/c1-8-2-3-11(19-8)20(17,18)14-7-10-6-9(12(15)16)4-5-13-10/h2-6,14H,7H2,1H3,(H,15,16). The van der Waals surface area contributed by atoms with Gasteiger partial charge < -0.3 is 5.11 Å². The van der Waals surface area contributed by atoms with E-state index in [-0.39, 0.29) is 16.3 Å². The SMILES string of the molecule is Cc1ccc(S(=O)(=O)NCc2cc(C(=O)O)ccn2)s1. The van der Waals surface area contributed by atoms with Gasteiger partial charge in [-0.15, -0.1) is 11.3 Å². The van der Waals surface area contributed by atoms with Crippen LogP contribution in [0.25, 0.3) is 0 Å². The molecule has 2 aromatic rings. The number of aryl methyl sites for hydroxylation is 1. The molecule has 2 heterocycles. The van der Waals surface area contributed by atoms with Crippen molar-refractivity contribution in [1.29, 1.82) is 0 Å². The van der Waals surface area contributed by atoms with Crippen molar-refractivity contribution in [2.24, 2.45) is 0 Å². The van der Waals surface area contributed by atoms with Gasteiger partial charge in [0.05, 0.1) is 17.8 Å². The van der Waals surface area contributed by atoms with E-state index in [9.17, 15) is 13.2 Å². The maximum atomic E-state index is 12.0. The summed E-state index contributed by atoms with van der Waals surface area (Å²) in [6.07, 6.45) is 1.34. The lowest BCUT2D eigenvalue weighted by Crippen LogP contribution is -2.23. The van der Waals surface area contributed by atoms with Gasteiger partial charge in [-0.25, -0.2) is 17.9 Å². The number of carboxylic acids is 1. The molecule has 6 nitrogen and oxygen atoms in total. The fourth-order valence-corrected chi connectivity index (χ4v) is 3.83. The van der Waals surface area contributed by atoms with Crippen molar-refractivity contribution in [3.05, 3.63) is 46.6 Å². The number of aromatic nitrogens is 1. The molecule has 0 spiro atoms. The van der Waals surface area contributed by atoms with Crippen LogP contribution in [0.1, 0.15) is 20.9 Å². The highest BCUT2D eigenvalue weighted by Crippen LogP contribution is 2.20. The van der Waals surface area contributed by atoms with Gasteiger partial charge in [0, 0.05) is 11.1 Å². The van der Waals surface area contributed by atoms with Crippen molar-refractivity contribution in [2.75, 3.05) is 0 Å². The molecule has 0 amide bonds. The number of rotatable bonds is 5. The maximum Gasteiger partial charge on any atom is 0.335 e. The van der Waals surface area contributed by atoms with Gasteiger partial charge in [-0.1, -0.05) is 0 Å². The summed E-state index contributed by atoms with van der Waals surface area (Å²) in [5.74, 6) is -1.08. The summed E-state index contributed by atoms with van der Waals surface area (Å²) in [4.78, 5) is 15.7. The van der Waals surface area contributed by atoms with E-state index < -0.39 is 16.0 Å². The summed E-state index contributed by atoms with van der Waals surface area (Å²) in [7, 11) is -3.59. The third-order valence-electron chi connectivity index (χ3n) is 2.49. The highest BCUT2D eigenvalue weighted by Gasteiger charge is 2.16. The van der Waals surface area contributed by atoms with E-state index in [4.69, 9.17) is 5.11 Å². The highest BCUT2D eigenvalue weighted by molar-refractivity contribution is 7.91. The van der Waals surface area contributed by atoms with Crippen molar-refractivity contribution >= 4 is 27.3 Å². The van der Waals surface area contributed by atoms with Crippen LogP contribution in [-0.2, 0) is 16.6 Å². The van der Waals surface area contributed by atoms with Gasteiger partial charge in [-0.05, 0) is 31.2 Å². The smallest absolute Gasteiger partial charge is 0.335 e. The molecule has 2 rings (SSSR count). The van der Waals surface area contributed by atoms with Crippen LogP contribution in [0.4, 0.5) is 0 Å². The zero-order valence-corrected chi connectivity index (χ0v) is 12.2. The molecule has 0 bridgehead atoms. The second kappa shape index (κ2) is 5.70. The largest absolute Gasteiger partial charge is 0.478 e. The van der Waals surface area contributed by atoms with Crippen LogP contribution in [0.3, 0.4) is 0 Å². The topological polar surface area (TPSA) is 96.4 Å². The van der Waals surface area contributed by atoms with Crippen LogP contribution in [-0.4, -0.2) is 24.5 Å². The summed E-state index contributed by atoms with van der Waals surface area (Å²) in [6.45, 7) is 1.77. The number of carbonyl (C=O) groups is 1. The Labute approximate surface area is 120 Å². The number of thiophene rings is 1.